The Kier molecular flexibility index (Phi) is 5.33. The van der Waals surface area contributed by atoms with Crippen molar-refractivity contribution in [2.45, 2.75) is 33.4 Å². The molecule has 25 heavy (non-hydrogen) atoms. The number of hydrogen-bond donors (Lipinski definition) is 0. The summed E-state index contributed by atoms with van der Waals surface area (Å²) in [7, 11) is 0. The molecule has 1 aromatic carbocycles. The molecule has 5 heteroatoms. The van der Waals surface area contributed by atoms with E-state index in [1.807, 2.05) is 55.1 Å². The molecule has 0 bridgehead atoms. The van der Waals surface area contributed by atoms with Crippen molar-refractivity contribution in [3.05, 3.63) is 77.4 Å². The van der Waals surface area contributed by atoms with Gasteiger partial charge in [0.1, 0.15) is 0 Å². The minimum atomic E-state index is -0.257. The lowest BCUT2D eigenvalue weighted by Crippen LogP contribution is -2.11. The van der Waals surface area contributed by atoms with Crippen molar-refractivity contribution in [3.8, 4) is 0 Å². The Hall–Kier alpha value is -2.82. The third kappa shape index (κ3) is 4.18. The van der Waals surface area contributed by atoms with Crippen LogP contribution in [0.2, 0.25) is 0 Å². The molecule has 0 fully saturated rings. The summed E-state index contributed by atoms with van der Waals surface area (Å²) in [5.41, 5.74) is 3.86. The van der Waals surface area contributed by atoms with Gasteiger partial charge < -0.3 is 9.30 Å². The first kappa shape index (κ1) is 17.0. The van der Waals surface area contributed by atoms with Crippen LogP contribution in [0.5, 0.6) is 0 Å². The first-order valence-corrected chi connectivity index (χ1v) is 8.50. The maximum absolute atomic E-state index is 12.4. The lowest BCUT2D eigenvalue weighted by molar-refractivity contribution is 0.0494. The maximum Gasteiger partial charge on any atom is 0.339 e. The number of hydrogen-bond acceptors (Lipinski definition) is 3. The number of carbonyl (C=O) groups is 1. The van der Waals surface area contributed by atoms with Crippen molar-refractivity contribution < 1.29 is 9.53 Å². The zero-order valence-corrected chi connectivity index (χ0v) is 14.7. The van der Waals surface area contributed by atoms with Gasteiger partial charge in [0, 0.05) is 43.3 Å². The number of aromatic nitrogens is 3. The minimum absolute atomic E-state index is 0.257. The Labute approximate surface area is 147 Å². The number of aryl methyl sites for hydroxylation is 2. The maximum atomic E-state index is 12.4. The lowest BCUT2D eigenvalue weighted by atomic mass is 10.2. The molecule has 0 unspecified atom stereocenters. The molecule has 0 atom stereocenters. The van der Waals surface area contributed by atoms with Gasteiger partial charge >= 0.3 is 5.97 Å². The predicted octanol–water partition coefficient (Wildman–Crippen LogP) is 3.60. The summed E-state index contributed by atoms with van der Waals surface area (Å²) in [6.07, 6.45) is 4.39. The van der Waals surface area contributed by atoms with E-state index in [2.05, 4.69) is 21.8 Å². The van der Waals surface area contributed by atoms with Crippen molar-refractivity contribution in [1.82, 2.24) is 14.3 Å². The Bertz CT molecular complexity index is 820. The average Bonchev–Trinajstić information content (AvgIpc) is 3.23. The highest BCUT2D eigenvalue weighted by Gasteiger charge is 2.17. The summed E-state index contributed by atoms with van der Waals surface area (Å²) in [5.74, 6) is -0.257. The molecule has 0 aliphatic rings. The van der Waals surface area contributed by atoms with Gasteiger partial charge in [-0.25, -0.2) is 4.79 Å². The lowest BCUT2D eigenvalue weighted by Gasteiger charge is -2.10. The molecule has 0 N–H and O–H groups in total. The summed E-state index contributed by atoms with van der Waals surface area (Å²) >= 11 is 0. The zero-order valence-electron chi connectivity index (χ0n) is 14.7. The largest absolute Gasteiger partial charge is 0.462 e. The van der Waals surface area contributed by atoms with Gasteiger partial charge in [-0.3, -0.25) is 4.68 Å². The summed E-state index contributed by atoms with van der Waals surface area (Å²) in [6, 6.07) is 14.0. The summed E-state index contributed by atoms with van der Waals surface area (Å²) < 4.78 is 9.41. The third-order valence-electron chi connectivity index (χ3n) is 4.30. The molecule has 0 saturated carbocycles. The summed E-state index contributed by atoms with van der Waals surface area (Å²) in [6.45, 7) is 5.88. The van der Waals surface area contributed by atoms with Gasteiger partial charge in [-0.2, -0.15) is 5.10 Å². The Balaban J connectivity index is 1.60. The number of carbonyl (C=O) groups excluding carboxylic acids is 1. The molecule has 0 amide bonds. The molecule has 0 aliphatic carbocycles. The molecule has 0 aliphatic heterocycles. The molecule has 2 aromatic heterocycles. The van der Waals surface area contributed by atoms with Crippen LogP contribution in [-0.4, -0.2) is 26.9 Å². The van der Waals surface area contributed by atoms with E-state index in [4.69, 9.17) is 4.74 Å². The second-order valence-corrected chi connectivity index (χ2v) is 6.12. The van der Waals surface area contributed by atoms with Gasteiger partial charge in [0.05, 0.1) is 12.2 Å². The van der Waals surface area contributed by atoms with E-state index in [9.17, 15) is 4.79 Å². The normalized spacial score (nSPS) is 10.8. The predicted molar refractivity (Wildman–Crippen MR) is 96.6 cm³/mol. The fourth-order valence-corrected chi connectivity index (χ4v) is 2.92. The molecule has 0 spiro atoms. The van der Waals surface area contributed by atoms with E-state index in [-0.39, 0.29) is 5.97 Å². The van der Waals surface area contributed by atoms with E-state index in [1.165, 1.54) is 5.56 Å². The van der Waals surface area contributed by atoms with Crippen LogP contribution in [0.15, 0.2) is 54.9 Å². The van der Waals surface area contributed by atoms with Gasteiger partial charge in [0.15, 0.2) is 0 Å². The van der Waals surface area contributed by atoms with Gasteiger partial charge in [-0.1, -0.05) is 30.3 Å². The third-order valence-corrected chi connectivity index (χ3v) is 4.30. The van der Waals surface area contributed by atoms with Crippen LogP contribution >= 0.6 is 0 Å². The van der Waals surface area contributed by atoms with Gasteiger partial charge in [-0.05, 0) is 31.5 Å². The van der Waals surface area contributed by atoms with Crippen molar-refractivity contribution in [1.29, 1.82) is 0 Å². The molecular formula is C20H23N3O2. The number of rotatable bonds is 7. The number of nitrogens with zero attached hydrogens (tertiary/aromatic N) is 3. The molecule has 0 radical (unpaired) electrons. The molecule has 3 rings (SSSR count). The summed E-state index contributed by atoms with van der Waals surface area (Å²) in [5, 5.41) is 4.13. The molecule has 5 nitrogen and oxygen atoms in total. The van der Waals surface area contributed by atoms with Crippen LogP contribution in [0.4, 0.5) is 0 Å². The van der Waals surface area contributed by atoms with E-state index < -0.39 is 0 Å². The second kappa shape index (κ2) is 7.83. The second-order valence-electron chi connectivity index (χ2n) is 6.12. The monoisotopic (exact) mass is 337 g/mol. The van der Waals surface area contributed by atoms with Crippen molar-refractivity contribution in [2.75, 3.05) is 6.61 Å². The highest BCUT2D eigenvalue weighted by molar-refractivity contribution is 5.91. The standard InChI is InChI=1S/C20H23N3O2/c1-16-14-19(17(2)23(16)15-18-8-4-3-5-9-18)20(24)25-13-7-12-22-11-6-10-21-22/h3-6,8-11,14H,7,12-13,15H2,1-2H3. The number of esters is 1. The zero-order chi connectivity index (χ0) is 17.6. The highest BCUT2D eigenvalue weighted by Crippen LogP contribution is 2.18. The van der Waals surface area contributed by atoms with E-state index in [1.54, 1.807) is 6.20 Å². The summed E-state index contributed by atoms with van der Waals surface area (Å²) in [4.78, 5) is 12.4. The Morgan fingerprint density at radius 3 is 2.68 bits per heavy atom. The van der Waals surface area contributed by atoms with Crippen molar-refractivity contribution >= 4 is 5.97 Å². The van der Waals surface area contributed by atoms with E-state index in [0.29, 0.717) is 12.2 Å². The fraction of sp³-hybridized carbons (Fsp3) is 0.300. The number of benzene rings is 1. The van der Waals surface area contributed by atoms with Crippen LogP contribution in [0.3, 0.4) is 0 Å². The van der Waals surface area contributed by atoms with Crippen LogP contribution < -0.4 is 0 Å². The number of ether oxygens (including phenoxy) is 1. The molecule has 3 aromatic rings. The van der Waals surface area contributed by atoms with Gasteiger partial charge in [0.2, 0.25) is 0 Å². The fourth-order valence-electron chi connectivity index (χ4n) is 2.92. The molecule has 0 saturated heterocycles. The van der Waals surface area contributed by atoms with Crippen LogP contribution in [0.25, 0.3) is 0 Å². The molecule has 130 valence electrons. The smallest absolute Gasteiger partial charge is 0.339 e. The van der Waals surface area contributed by atoms with Crippen LogP contribution in [0, 0.1) is 13.8 Å². The van der Waals surface area contributed by atoms with Crippen molar-refractivity contribution in [2.24, 2.45) is 0 Å². The van der Waals surface area contributed by atoms with E-state index in [0.717, 1.165) is 30.9 Å². The first-order valence-electron chi connectivity index (χ1n) is 8.50. The van der Waals surface area contributed by atoms with Gasteiger partial charge in [-0.15, -0.1) is 0 Å². The molecule has 2 heterocycles. The quantitative estimate of drug-likeness (QED) is 0.489. The van der Waals surface area contributed by atoms with E-state index >= 15 is 0 Å². The highest BCUT2D eigenvalue weighted by atomic mass is 16.5. The first-order chi connectivity index (χ1) is 12.1. The topological polar surface area (TPSA) is 49.1 Å². The Morgan fingerprint density at radius 2 is 1.96 bits per heavy atom. The average molecular weight is 337 g/mol. The SMILES string of the molecule is Cc1cc(C(=O)OCCCn2cccn2)c(C)n1Cc1ccccc1. The van der Waals surface area contributed by atoms with Crippen LogP contribution in [-0.2, 0) is 17.8 Å². The minimum Gasteiger partial charge on any atom is -0.462 e. The Morgan fingerprint density at radius 1 is 1.16 bits per heavy atom. The van der Waals surface area contributed by atoms with Crippen molar-refractivity contribution in [3.63, 3.8) is 0 Å². The van der Waals surface area contributed by atoms with Gasteiger partial charge in [0.25, 0.3) is 0 Å². The molecular weight excluding hydrogens is 314 g/mol. The van der Waals surface area contributed by atoms with Crippen LogP contribution in [0.1, 0.15) is 33.7 Å².